The quantitative estimate of drug-likeness (QED) is 0.528. The van der Waals surface area contributed by atoms with E-state index in [0.717, 1.165) is 23.5 Å². The molecule has 0 aliphatic heterocycles. The van der Waals surface area contributed by atoms with Gasteiger partial charge in [-0.2, -0.15) is 0 Å². The van der Waals surface area contributed by atoms with Crippen LogP contribution in [-0.4, -0.2) is 27.5 Å². The number of hydrogen-bond acceptors (Lipinski definition) is 5. The van der Waals surface area contributed by atoms with E-state index < -0.39 is 0 Å². The highest BCUT2D eigenvalue weighted by Gasteiger charge is 2.07. The number of ether oxygens (including phenoxy) is 1. The summed E-state index contributed by atoms with van der Waals surface area (Å²) in [5.74, 6) is 1.66. The molecule has 0 amide bonds. The molecule has 24 heavy (non-hydrogen) atoms. The van der Waals surface area contributed by atoms with E-state index in [2.05, 4.69) is 15.2 Å². The Balaban J connectivity index is 1.50. The maximum Gasteiger partial charge on any atom is 0.278 e. The lowest BCUT2D eigenvalue weighted by molar-refractivity contribution is 0.318. The van der Waals surface area contributed by atoms with E-state index in [1.165, 1.54) is 11.8 Å². The summed E-state index contributed by atoms with van der Waals surface area (Å²) in [6.45, 7) is 0.622. The molecule has 0 unspecified atom stereocenters. The van der Waals surface area contributed by atoms with Crippen molar-refractivity contribution in [1.82, 2.24) is 15.2 Å². The van der Waals surface area contributed by atoms with Crippen molar-refractivity contribution in [2.75, 3.05) is 12.4 Å². The minimum absolute atomic E-state index is 0.223. The van der Waals surface area contributed by atoms with Crippen LogP contribution in [-0.2, 0) is 0 Å². The minimum Gasteiger partial charge on any atom is -0.494 e. The molecule has 0 saturated heterocycles. The van der Waals surface area contributed by atoms with Crippen LogP contribution in [0.25, 0.3) is 11.3 Å². The van der Waals surface area contributed by atoms with Gasteiger partial charge in [-0.25, -0.2) is 0 Å². The number of thioether (sulfide) groups is 1. The van der Waals surface area contributed by atoms with Crippen LogP contribution in [0.1, 0.15) is 6.42 Å². The van der Waals surface area contributed by atoms with Crippen LogP contribution < -0.4 is 10.3 Å². The predicted octanol–water partition coefficient (Wildman–Crippen LogP) is 3.39. The molecule has 2 aromatic carbocycles. The van der Waals surface area contributed by atoms with E-state index in [1.807, 2.05) is 60.7 Å². The first kappa shape index (κ1) is 16.3. The summed E-state index contributed by atoms with van der Waals surface area (Å²) >= 11 is 1.46. The molecule has 0 saturated carbocycles. The molecule has 0 radical (unpaired) electrons. The number of aromatic nitrogens is 3. The normalized spacial score (nSPS) is 10.5. The summed E-state index contributed by atoms with van der Waals surface area (Å²) in [6.07, 6.45) is 0.851. The average molecular weight is 339 g/mol. The molecule has 0 spiro atoms. The Morgan fingerprint density at radius 1 is 0.958 bits per heavy atom. The van der Waals surface area contributed by atoms with Gasteiger partial charge in [0.1, 0.15) is 5.75 Å². The number of H-pyrrole nitrogens is 1. The zero-order valence-corrected chi connectivity index (χ0v) is 13.8. The summed E-state index contributed by atoms with van der Waals surface area (Å²) < 4.78 is 5.62. The Bertz CT molecular complexity index is 822. The second-order valence-corrected chi connectivity index (χ2v) is 6.12. The van der Waals surface area contributed by atoms with E-state index in [9.17, 15) is 4.79 Å². The lowest BCUT2D eigenvalue weighted by atomic mass is 10.2. The molecule has 0 atom stereocenters. The van der Waals surface area contributed by atoms with Gasteiger partial charge in [0.25, 0.3) is 5.56 Å². The van der Waals surface area contributed by atoms with Gasteiger partial charge in [0.05, 0.1) is 6.61 Å². The second kappa shape index (κ2) is 8.31. The number of para-hydroxylation sites is 1. The van der Waals surface area contributed by atoms with Gasteiger partial charge in [0.15, 0.2) is 10.9 Å². The van der Waals surface area contributed by atoms with Crippen molar-refractivity contribution in [3.8, 4) is 17.0 Å². The number of nitrogens with one attached hydrogen (secondary N) is 1. The first-order chi connectivity index (χ1) is 11.8. The molecule has 0 bridgehead atoms. The molecule has 1 aromatic heterocycles. The fourth-order valence-electron chi connectivity index (χ4n) is 2.11. The second-order valence-electron chi connectivity index (χ2n) is 5.04. The molecule has 122 valence electrons. The molecule has 3 rings (SSSR count). The van der Waals surface area contributed by atoms with Gasteiger partial charge in [-0.15, -0.1) is 10.2 Å². The fourth-order valence-corrected chi connectivity index (χ4v) is 2.83. The topological polar surface area (TPSA) is 67.9 Å². The predicted molar refractivity (Wildman–Crippen MR) is 95.4 cm³/mol. The Morgan fingerprint density at radius 3 is 2.38 bits per heavy atom. The molecule has 5 nitrogen and oxygen atoms in total. The number of aromatic amines is 1. The largest absolute Gasteiger partial charge is 0.494 e. The van der Waals surface area contributed by atoms with Gasteiger partial charge in [-0.1, -0.05) is 60.3 Å². The van der Waals surface area contributed by atoms with Crippen molar-refractivity contribution in [2.45, 2.75) is 11.6 Å². The van der Waals surface area contributed by atoms with E-state index >= 15 is 0 Å². The highest BCUT2D eigenvalue weighted by atomic mass is 32.2. The minimum atomic E-state index is -0.223. The molecular weight excluding hydrogens is 322 g/mol. The third-order valence-corrected chi connectivity index (χ3v) is 4.21. The van der Waals surface area contributed by atoms with E-state index in [1.54, 1.807) is 0 Å². The Kier molecular flexibility index (Phi) is 5.63. The lowest BCUT2D eigenvalue weighted by Gasteiger charge is -2.05. The summed E-state index contributed by atoms with van der Waals surface area (Å²) in [6, 6.07) is 19.0. The van der Waals surface area contributed by atoms with Crippen LogP contribution in [0.2, 0.25) is 0 Å². The fraction of sp³-hybridized carbons (Fsp3) is 0.167. The van der Waals surface area contributed by atoms with Crippen LogP contribution in [0.4, 0.5) is 0 Å². The molecule has 0 aliphatic rings. The molecule has 0 aliphatic carbocycles. The van der Waals surface area contributed by atoms with Crippen molar-refractivity contribution in [3.63, 3.8) is 0 Å². The van der Waals surface area contributed by atoms with Crippen LogP contribution >= 0.6 is 11.8 Å². The van der Waals surface area contributed by atoms with Crippen molar-refractivity contribution < 1.29 is 4.74 Å². The lowest BCUT2D eigenvalue weighted by Crippen LogP contribution is -2.14. The zero-order chi connectivity index (χ0) is 16.6. The first-order valence-corrected chi connectivity index (χ1v) is 8.64. The van der Waals surface area contributed by atoms with Crippen LogP contribution in [0, 0.1) is 0 Å². The molecule has 6 heteroatoms. The standard InChI is InChI=1S/C18H17N3O2S/c22-17-16(14-8-3-1-4-9-14)20-21-18(19-17)24-13-7-12-23-15-10-5-2-6-11-15/h1-6,8-11H,7,12-13H2,(H,19,21,22). The summed E-state index contributed by atoms with van der Waals surface area (Å²) in [7, 11) is 0. The smallest absolute Gasteiger partial charge is 0.278 e. The Labute approximate surface area is 144 Å². The number of rotatable bonds is 7. The molecular formula is C18H17N3O2S. The summed E-state index contributed by atoms with van der Waals surface area (Å²) in [5.41, 5.74) is 0.880. The number of hydrogen-bond donors (Lipinski definition) is 1. The monoisotopic (exact) mass is 339 g/mol. The van der Waals surface area contributed by atoms with Gasteiger partial charge in [0, 0.05) is 11.3 Å². The maximum absolute atomic E-state index is 12.1. The zero-order valence-electron chi connectivity index (χ0n) is 13.0. The van der Waals surface area contributed by atoms with Gasteiger partial charge in [-0.3, -0.25) is 9.78 Å². The highest BCUT2D eigenvalue weighted by Crippen LogP contribution is 2.15. The van der Waals surface area contributed by atoms with Crippen LogP contribution in [0.5, 0.6) is 5.75 Å². The SMILES string of the molecule is O=c1[nH]c(SCCCOc2ccccc2)nnc1-c1ccccc1. The van der Waals surface area contributed by atoms with Crippen LogP contribution in [0.15, 0.2) is 70.6 Å². The molecule has 1 N–H and O–H groups in total. The van der Waals surface area contributed by atoms with Gasteiger partial charge in [-0.05, 0) is 18.6 Å². The van der Waals surface area contributed by atoms with Gasteiger partial charge < -0.3 is 4.74 Å². The van der Waals surface area contributed by atoms with Crippen molar-refractivity contribution in [1.29, 1.82) is 0 Å². The molecule has 0 fully saturated rings. The molecule has 1 heterocycles. The highest BCUT2D eigenvalue weighted by molar-refractivity contribution is 7.99. The van der Waals surface area contributed by atoms with Gasteiger partial charge >= 0.3 is 0 Å². The summed E-state index contributed by atoms with van der Waals surface area (Å²) in [5, 5.41) is 8.66. The van der Waals surface area contributed by atoms with E-state index in [-0.39, 0.29) is 5.56 Å². The Morgan fingerprint density at radius 2 is 1.67 bits per heavy atom. The van der Waals surface area contributed by atoms with Crippen LogP contribution in [0.3, 0.4) is 0 Å². The number of benzene rings is 2. The van der Waals surface area contributed by atoms with Crippen molar-refractivity contribution in [2.24, 2.45) is 0 Å². The van der Waals surface area contributed by atoms with E-state index in [0.29, 0.717) is 17.5 Å². The third kappa shape index (κ3) is 4.45. The summed E-state index contributed by atoms with van der Waals surface area (Å²) in [4.78, 5) is 14.9. The van der Waals surface area contributed by atoms with Crippen molar-refractivity contribution >= 4 is 11.8 Å². The first-order valence-electron chi connectivity index (χ1n) is 7.66. The van der Waals surface area contributed by atoms with E-state index in [4.69, 9.17) is 4.74 Å². The van der Waals surface area contributed by atoms with Crippen molar-refractivity contribution in [3.05, 3.63) is 71.0 Å². The average Bonchev–Trinajstić information content (AvgIpc) is 2.63. The van der Waals surface area contributed by atoms with Gasteiger partial charge in [0.2, 0.25) is 0 Å². The maximum atomic E-state index is 12.1. The number of nitrogens with zero attached hydrogens (tertiary/aromatic N) is 2. The Hall–Kier alpha value is -2.60. The molecule has 3 aromatic rings. The third-order valence-electron chi connectivity index (χ3n) is 3.26.